The molecule has 0 aliphatic carbocycles. The monoisotopic (exact) mass is 285 g/mol. The van der Waals surface area contributed by atoms with E-state index in [2.05, 4.69) is 30.5 Å². The lowest BCUT2D eigenvalue weighted by atomic mass is 9.88. The van der Waals surface area contributed by atoms with Crippen LogP contribution in [0.5, 0.6) is 11.6 Å². The zero-order valence-corrected chi connectivity index (χ0v) is 12.7. The van der Waals surface area contributed by atoms with Crippen LogP contribution in [0.25, 0.3) is 0 Å². The summed E-state index contributed by atoms with van der Waals surface area (Å²) in [5.74, 6) is 0.779. The quantitative estimate of drug-likeness (QED) is 0.801. The minimum Gasteiger partial charge on any atom is -0.465 e. The highest BCUT2D eigenvalue weighted by atomic mass is 16.5. The van der Waals surface area contributed by atoms with Gasteiger partial charge in [-0.3, -0.25) is 0 Å². The number of carbonyl (C=O) groups is 1. The van der Waals surface area contributed by atoms with Gasteiger partial charge in [0, 0.05) is 12.3 Å². The van der Waals surface area contributed by atoms with Gasteiger partial charge in [-0.25, -0.2) is 9.78 Å². The Labute approximate surface area is 124 Å². The van der Waals surface area contributed by atoms with Gasteiger partial charge in [0.25, 0.3) is 0 Å². The summed E-state index contributed by atoms with van der Waals surface area (Å²) < 4.78 is 10.3. The Kier molecular flexibility index (Phi) is 4.26. The minimum atomic E-state index is -0.366. The van der Waals surface area contributed by atoms with E-state index in [0.717, 1.165) is 5.56 Å². The molecule has 110 valence electrons. The van der Waals surface area contributed by atoms with Crippen LogP contribution in [0.1, 0.15) is 36.7 Å². The molecule has 0 bridgehead atoms. The third-order valence-corrected chi connectivity index (χ3v) is 3.10. The minimum absolute atomic E-state index is 0.0632. The standard InChI is InChI=1S/C17H19NO3/c1-17(2,3)13-7-10-15(18-11-13)21-14-8-5-12(6-9-14)16(19)20-4/h5-11H,1-4H3. The fourth-order valence-corrected chi connectivity index (χ4v) is 1.78. The lowest BCUT2D eigenvalue weighted by Gasteiger charge is -2.18. The average Bonchev–Trinajstić information content (AvgIpc) is 2.47. The van der Waals surface area contributed by atoms with Gasteiger partial charge in [0.2, 0.25) is 5.88 Å². The van der Waals surface area contributed by atoms with E-state index in [4.69, 9.17) is 4.74 Å². The van der Waals surface area contributed by atoms with E-state index >= 15 is 0 Å². The first kappa shape index (κ1) is 15.0. The number of ether oxygens (including phenoxy) is 2. The summed E-state index contributed by atoms with van der Waals surface area (Å²) in [7, 11) is 1.35. The zero-order valence-electron chi connectivity index (χ0n) is 12.7. The fourth-order valence-electron chi connectivity index (χ4n) is 1.78. The normalized spacial score (nSPS) is 11.0. The largest absolute Gasteiger partial charge is 0.465 e. The van der Waals surface area contributed by atoms with Crippen LogP contribution < -0.4 is 4.74 Å². The molecular formula is C17H19NO3. The van der Waals surface area contributed by atoms with E-state index < -0.39 is 0 Å². The van der Waals surface area contributed by atoms with Crippen molar-refractivity contribution in [1.29, 1.82) is 0 Å². The predicted molar refractivity (Wildman–Crippen MR) is 80.8 cm³/mol. The number of carbonyl (C=O) groups excluding carboxylic acids is 1. The molecule has 0 spiro atoms. The van der Waals surface area contributed by atoms with Gasteiger partial charge in [-0.05, 0) is 35.2 Å². The molecule has 0 saturated heterocycles. The molecule has 4 heteroatoms. The van der Waals surface area contributed by atoms with Crippen LogP contribution in [0.15, 0.2) is 42.6 Å². The highest BCUT2D eigenvalue weighted by molar-refractivity contribution is 5.89. The lowest BCUT2D eigenvalue weighted by molar-refractivity contribution is 0.0600. The van der Waals surface area contributed by atoms with Crippen molar-refractivity contribution in [3.63, 3.8) is 0 Å². The maximum atomic E-state index is 11.3. The summed E-state index contributed by atoms with van der Waals surface area (Å²) in [6.45, 7) is 6.41. The first-order valence-electron chi connectivity index (χ1n) is 6.73. The van der Waals surface area contributed by atoms with Gasteiger partial charge in [-0.15, -0.1) is 0 Å². The van der Waals surface area contributed by atoms with Crippen LogP contribution in [-0.4, -0.2) is 18.1 Å². The molecule has 0 radical (unpaired) electrons. The SMILES string of the molecule is COC(=O)c1ccc(Oc2ccc(C(C)(C)C)cn2)cc1. The van der Waals surface area contributed by atoms with Crippen molar-refractivity contribution < 1.29 is 14.3 Å². The second-order valence-corrected chi connectivity index (χ2v) is 5.75. The van der Waals surface area contributed by atoms with Gasteiger partial charge in [-0.2, -0.15) is 0 Å². The van der Waals surface area contributed by atoms with E-state index in [1.54, 1.807) is 24.3 Å². The first-order chi connectivity index (χ1) is 9.90. The number of aromatic nitrogens is 1. The Morgan fingerprint density at radius 2 is 1.71 bits per heavy atom. The fraction of sp³-hybridized carbons (Fsp3) is 0.294. The van der Waals surface area contributed by atoms with E-state index in [1.165, 1.54) is 7.11 Å². The van der Waals surface area contributed by atoms with Crippen molar-refractivity contribution in [2.45, 2.75) is 26.2 Å². The van der Waals surface area contributed by atoms with Crippen LogP contribution >= 0.6 is 0 Å². The maximum Gasteiger partial charge on any atom is 0.337 e. The van der Waals surface area contributed by atoms with Gasteiger partial charge >= 0.3 is 5.97 Å². The molecular weight excluding hydrogens is 266 g/mol. The second-order valence-electron chi connectivity index (χ2n) is 5.75. The molecule has 0 atom stereocenters. The summed E-state index contributed by atoms with van der Waals surface area (Å²) in [5.41, 5.74) is 1.70. The van der Waals surface area contributed by atoms with Crippen molar-refractivity contribution >= 4 is 5.97 Å². The van der Waals surface area contributed by atoms with E-state index in [-0.39, 0.29) is 11.4 Å². The number of hydrogen-bond donors (Lipinski definition) is 0. The van der Waals surface area contributed by atoms with Crippen molar-refractivity contribution in [3.8, 4) is 11.6 Å². The summed E-state index contributed by atoms with van der Waals surface area (Å²) in [5, 5.41) is 0. The topological polar surface area (TPSA) is 48.4 Å². The van der Waals surface area contributed by atoms with Crippen LogP contribution in [0.2, 0.25) is 0 Å². The molecule has 1 heterocycles. The molecule has 0 aliphatic heterocycles. The molecule has 0 saturated carbocycles. The van der Waals surface area contributed by atoms with E-state index in [9.17, 15) is 4.79 Å². The summed E-state index contributed by atoms with van der Waals surface area (Å²) in [6.07, 6.45) is 1.82. The number of esters is 1. The molecule has 1 aromatic heterocycles. The molecule has 2 rings (SSSR count). The van der Waals surface area contributed by atoms with E-state index in [0.29, 0.717) is 17.2 Å². The Morgan fingerprint density at radius 3 is 2.19 bits per heavy atom. The van der Waals surface area contributed by atoms with E-state index in [1.807, 2.05) is 18.3 Å². The highest BCUT2D eigenvalue weighted by Gasteiger charge is 2.14. The highest BCUT2D eigenvalue weighted by Crippen LogP contribution is 2.25. The number of nitrogens with zero attached hydrogens (tertiary/aromatic N) is 1. The van der Waals surface area contributed by atoms with Gasteiger partial charge in [-0.1, -0.05) is 26.8 Å². The molecule has 0 aliphatic rings. The Balaban J connectivity index is 2.10. The van der Waals surface area contributed by atoms with Gasteiger partial charge in [0.1, 0.15) is 5.75 Å². The third-order valence-electron chi connectivity index (χ3n) is 3.10. The first-order valence-corrected chi connectivity index (χ1v) is 6.73. The molecule has 21 heavy (non-hydrogen) atoms. The number of hydrogen-bond acceptors (Lipinski definition) is 4. The third kappa shape index (κ3) is 3.81. The Morgan fingerprint density at radius 1 is 1.05 bits per heavy atom. The lowest BCUT2D eigenvalue weighted by Crippen LogP contribution is -2.11. The Hall–Kier alpha value is -2.36. The molecule has 2 aromatic rings. The number of methoxy groups -OCH3 is 1. The van der Waals surface area contributed by atoms with Crippen molar-refractivity contribution in [2.24, 2.45) is 0 Å². The van der Waals surface area contributed by atoms with Gasteiger partial charge < -0.3 is 9.47 Å². The molecule has 1 aromatic carbocycles. The van der Waals surface area contributed by atoms with Crippen molar-refractivity contribution in [1.82, 2.24) is 4.98 Å². The van der Waals surface area contributed by atoms with Crippen LogP contribution in [0, 0.1) is 0 Å². The number of benzene rings is 1. The average molecular weight is 285 g/mol. The summed E-state index contributed by atoms with van der Waals surface area (Å²) >= 11 is 0. The zero-order chi connectivity index (χ0) is 15.5. The molecule has 0 N–H and O–H groups in total. The molecule has 0 fully saturated rings. The molecule has 4 nitrogen and oxygen atoms in total. The number of rotatable bonds is 3. The van der Waals surface area contributed by atoms with Crippen LogP contribution in [-0.2, 0) is 10.2 Å². The summed E-state index contributed by atoms with van der Waals surface area (Å²) in [4.78, 5) is 15.6. The smallest absolute Gasteiger partial charge is 0.337 e. The van der Waals surface area contributed by atoms with Gasteiger partial charge in [0.05, 0.1) is 12.7 Å². The van der Waals surface area contributed by atoms with Crippen molar-refractivity contribution in [2.75, 3.05) is 7.11 Å². The van der Waals surface area contributed by atoms with Crippen molar-refractivity contribution in [3.05, 3.63) is 53.7 Å². The Bertz CT molecular complexity index is 610. The second kappa shape index (κ2) is 5.95. The van der Waals surface area contributed by atoms with Crippen LogP contribution in [0.3, 0.4) is 0 Å². The number of pyridine rings is 1. The molecule has 0 unspecified atom stereocenters. The summed E-state index contributed by atoms with van der Waals surface area (Å²) in [6, 6.07) is 10.6. The maximum absolute atomic E-state index is 11.3. The van der Waals surface area contributed by atoms with Gasteiger partial charge in [0.15, 0.2) is 0 Å². The predicted octanol–water partition coefficient (Wildman–Crippen LogP) is 3.96. The molecule has 0 amide bonds. The van der Waals surface area contributed by atoms with Crippen LogP contribution in [0.4, 0.5) is 0 Å².